The molecule has 0 unspecified atom stereocenters. The highest BCUT2D eigenvalue weighted by molar-refractivity contribution is 7.91. The summed E-state index contributed by atoms with van der Waals surface area (Å²) in [5.41, 5.74) is -1.46. The van der Waals surface area contributed by atoms with Crippen LogP contribution in [0.25, 0.3) is 0 Å². The molecule has 164 valence electrons. The molecule has 0 saturated carbocycles. The zero-order valence-corrected chi connectivity index (χ0v) is 18.2. The molecule has 1 aromatic carbocycles. The standard InChI is InChI=1S/C21H27NO7S/c1-4-5-14-28-17-6-8-18(9-7-17)30(26,27)15-21(19(23)24)10-12-22(13-11-21)20(25)29-16(2)3/h6-9,16H,10-15H2,1-3H3,(H,23,24). The summed E-state index contributed by atoms with van der Waals surface area (Å²) in [4.78, 5) is 25.5. The minimum Gasteiger partial charge on any atom is -0.481 e. The predicted molar refractivity (Wildman–Crippen MR) is 110 cm³/mol. The van der Waals surface area contributed by atoms with Crippen LogP contribution in [0.5, 0.6) is 5.75 Å². The average Bonchev–Trinajstić information content (AvgIpc) is 2.68. The van der Waals surface area contributed by atoms with Gasteiger partial charge in [0.25, 0.3) is 0 Å². The lowest BCUT2D eigenvalue weighted by molar-refractivity contribution is -0.150. The summed E-state index contributed by atoms with van der Waals surface area (Å²) >= 11 is 0. The number of likely N-dealkylation sites (tertiary alicyclic amines) is 1. The molecule has 0 spiro atoms. The topological polar surface area (TPSA) is 110 Å². The molecule has 1 aliphatic rings. The molecular formula is C21H27NO7S. The third-order valence-corrected chi connectivity index (χ3v) is 6.83. The van der Waals surface area contributed by atoms with Crippen molar-refractivity contribution in [2.45, 2.75) is 44.6 Å². The molecule has 1 amide bonds. The number of piperidine rings is 1. The summed E-state index contributed by atoms with van der Waals surface area (Å²) in [7, 11) is -3.86. The fourth-order valence-corrected chi connectivity index (χ4v) is 5.05. The van der Waals surface area contributed by atoms with E-state index in [2.05, 4.69) is 11.8 Å². The number of sulfone groups is 1. The summed E-state index contributed by atoms with van der Waals surface area (Å²) in [6.45, 7) is 5.58. The van der Waals surface area contributed by atoms with Crippen molar-refractivity contribution in [1.29, 1.82) is 0 Å². The van der Waals surface area contributed by atoms with Gasteiger partial charge in [0.1, 0.15) is 12.4 Å². The van der Waals surface area contributed by atoms with Crippen molar-refractivity contribution in [3.8, 4) is 17.6 Å². The normalized spacial score (nSPS) is 15.8. The molecule has 1 aliphatic heterocycles. The van der Waals surface area contributed by atoms with E-state index in [9.17, 15) is 23.1 Å². The van der Waals surface area contributed by atoms with Crippen LogP contribution in [-0.4, -0.2) is 62.0 Å². The van der Waals surface area contributed by atoms with Crippen LogP contribution in [0.15, 0.2) is 29.2 Å². The smallest absolute Gasteiger partial charge is 0.410 e. The van der Waals surface area contributed by atoms with Gasteiger partial charge in [-0.2, -0.15) is 0 Å². The summed E-state index contributed by atoms with van der Waals surface area (Å²) < 4.78 is 36.3. The van der Waals surface area contributed by atoms with Gasteiger partial charge in [-0.1, -0.05) is 5.92 Å². The number of amides is 1. The van der Waals surface area contributed by atoms with Gasteiger partial charge in [-0.15, -0.1) is 5.92 Å². The van der Waals surface area contributed by atoms with E-state index >= 15 is 0 Å². The van der Waals surface area contributed by atoms with Gasteiger partial charge in [0.2, 0.25) is 0 Å². The number of carbonyl (C=O) groups is 2. The van der Waals surface area contributed by atoms with Gasteiger partial charge in [0.15, 0.2) is 9.84 Å². The van der Waals surface area contributed by atoms with E-state index in [4.69, 9.17) is 9.47 Å². The van der Waals surface area contributed by atoms with E-state index in [0.29, 0.717) is 5.75 Å². The Bertz CT molecular complexity index is 918. The van der Waals surface area contributed by atoms with Crippen LogP contribution in [0, 0.1) is 17.3 Å². The van der Waals surface area contributed by atoms with Gasteiger partial charge in [0.05, 0.1) is 22.2 Å². The monoisotopic (exact) mass is 437 g/mol. The van der Waals surface area contributed by atoms with Crippen LogP contribution in [0.3, 0.4) is 0 Å². The van der Waals surface area contributed by atoms with Crippen molar-refractivity contribution >= 4 is 21.9 Å². The molecule has 0 atom stereocenters. The summed E-state index contributed by atoms with van der Waals surface area (Å²) in [6, 6.07) is 5.83. The maximum atomic E-state index is 12.9. The predicted octanol–water partition coefficient (Wildman–Crippen LogP) is 2.57. The minimum atomic E-state index is -3.86. The number of ether oxygens (including phenoxy) is 2. The van der Waals surface area contributed by atoms with Gasteiger partial charge in [0, 0.05) is 13.1 Å². The molecule has 9 heteroatoms. The molecule has 0 aromatic heterocycles. The average molecular weight is 438 g/mol. The third kappa shape index (κ3) is 5.89. The Kier molecular flexibility index (Phi) is 7.73. The van der Waals surface area contributed by atoms with E-state index in [0.717, 1.165) is 0 Å². The third-order valence-electron chi connectivity index (χ3n) is 4.91. The van der Waals surface area contributed by atoms with Gasteiger partial charge in [-0.05, 0) is 57.9 Å². The number of carboxylic acid groups (broad SMARTS) is 1. The number of nitrogens with zero attached hydrogens (tertiary/aromatic N) is 1. The molecule has 0 bridgehead atoms. The van der Waals surface area contributed by atoms with Gasteiger partial charge in [-0.3, -0.25) is 4.79 Å². The highest BCUT2D eigenvalue weighted by Gasteiger charge is 2.46. The van der Waals surface area contributed by atoms with Crippen LogP contribution >= 0.6 is 0 Å². The Hall–Kier alpha value is -2.73. The quantitative estimate of drug-likeness (QED) is 0.653. The Labute approximate surface area is 177 Å². The number of rotatable bonds is 7. The van der Waals surface area contributed by atoms with E-state index in [-0.39, 0.29) is 43.5 Å². The zero-order valence-electron chi connectivity index (χ0n) is 17.4. The number of aliphatic carboxylic acids is 1. The zero-order chi connectivity index (χ0) is 22.4. The fourth-order valence-electron chi connectivity index (χ4n) is 3.20. The number of benzene rings is 1. The molecule has 0 aliphatic carbocycles. The second-order valence-electron chi connectivity index (χ2n) is 7.45. The molecule has 1 N–H and O–H groups in total. The molecule has 0 radical (unpaired) electrons. The first-order valence-electron chi connectivity index (χ1n) is 9.64. The minimum absolute atomic E-state index is 0.0266. The molecule has 1 heterocycles. The van der Waals surface area contributed by atoms with E-state index in [1.165, 1.54) is 29.2 Å². The maximum absolute atomic E-state index is 12.9. The highest BCUT2D eigenvalue weighted by atomic mass is 32.2. The Balaban J connectivity index is 2.11. The molecular weight excluding hydrogens is 410 g/mol. The number of carboxylic acids is 1. The van der Waals surface area contributed by atoms with E-state index < -0.39 is 33.1 Å². The lowest BCUT2D eigenvalue weighted by Gasteiger charge is -2.38. The van der Waals surface area contributed by atoms with Crippen LogP contribution in [-0.2, 0) is 19.4 Å². The highest BCUT2D eigenvalue weighted by Crippen LogP contribution is 2.35. The maximum Gasteiger partial charge on any atom is 0.410 e. The van der Waals surface area contributed by atoms with Crippen LogP contribution in [0.2, 0.25) is 0 Å². The Morgan fingerprint density at radius 2 is 1.80 bits per heavy atom. The first-order valence-corrected chi connectivity index (χ1v) is 11.3. The van der Waals surface area contributed by atoms with Gasteiger partial charge in [-0.25, -0.2) is 13.2 Å². The van der Waals surface area contributed by atoms with Crippen molar-refractivity contribution in [2.75, 3.05) is 25.4 Å². The fraction of sp³-hybridized carbons (Fsp3) is 0.524. The van der Waals surface area contributed by atoms with Gasteiger partial charge >= 0.3 is 12.1 Å². The lowest BCUT2D eigenvalue weighted by atomic mass is 9.80. The first kappa shape index (κ1) is 23.5. The number of hydrogen-bond donors (Lipinski definition) is 1. The first-order chi connectivity index (χ1) is 14.1. The van der Waals surface area contributed by atoms with Crippen molar-refractivity contribution in [3.05, 3.63) is 24.3 Å². The summed E-state index contributed by atoms with van der Waals surface area (Å²) in [6.07, 6.45) is -0.739. The molecule has 2 rings (SSSR count). The van der Waals surface area contributed by atoms with Crippen LogP contribution < -0.4 is 4.74 Å². The Morgan fingerprint density at radius 1 is 1.20 bits per heavy atom. The molecule has 1 saturated heterocycles. The second-order valence-corrected chi connectivity index (χ2v) is 9.44. The van der Waals surface area contributed by atoms with Crippen molar-refractivity contribution in [2.24, 2.45) is 5.41 Å². The van der Waals surface area contributed by atoms with Crippen molar-refractivity contribution in [3.63, 3.8) is 0 Å². The van der Waals surface area contributed by atoms with Crippen molar-refractivity contribution in [1.82, 2.24) is 4.90 Å². The summed E-state index contributed by atoms with van der Waals surface area (Å²) in [5.74, 6) is 4.19. The molecule has 1 aromatic rings. The van der Waals surface area contributed by atoms with E-state index in [1.54, 1.807) is 20.8 Å². The van der Waals surface area contributed by atoms with Crippen LogP contribution in [0.1, 0.15) is 33.6 Å². The van der Waals surface area contributed by atoms with Crippen molar-refractivity contribution < 1.29 is 32.6 Å². The van der Waals surface area contributed by atoms with Gasteiger partial charge < -0.3 is 19.5 Å². The molecule has 1 fully saturated rings. The molecule has 30 heavy (non-hydrogen) atoms. The largest absolute Gasteiger partial charge is 0.481 e. The van der Waals surface area contributed by atoms with Crippen LogP contribution in [0.4, 0.5) is 4.79 Å². The van der Waals surface area contributed by atoms with E-state index in [1.807, 2.05) is 0 Å². The number of hydrogen-bond acceptors (Lipinski definition) is 6. The second kappa shape index (κ2) is 9.85. The Morgan fingerprint density at radius 3 is 2.30 bits per heavy atom. The SMILES string of the molecule is CC#CCOc1ccc(S(=O)(=O)CC2(C(=O)O)CCN(C(=O)OC(C)C)CC2)cc1. The molecule has 8 nitrogen and oxygen atoms in total. The lowest BCUT2D eigenvalue weighted by Crippen LogP contribution is -2.50. The number of carbonyl (C=O) groups excluding carboxylic acids is 1. The summed E-state index contributed by atoms with van der Waals surface area (Å²) in [5, 5.41) is 9.80.